The number of nitrogens with one attached hydrogen (secondary N) is 1. The molecule has 0 radical (unpaired) electrons. The molecule has 124 valence electrons. The van der Waals surface area contributed by atoms with E-state index < -0.39 is 0 Å². The average Bonchev–Trinajstić information content (AvgIpc) is 3.26. The normalized spacial score (nSPS) is 12.1. The van der Waals surface area contributed by atoms with Gasteiger partial charge in [-0.05, 0) is 26.1 Å². The zero-order chi connectivity index (χ0) is 15.4. The molecule has 0 fully saturated rings. The first-order valence-electron chi connectivity index (χ1n) is 7.10. The summed E-state index contributed by atoms with van der Waals surface area (Å²) in [6, 6.07) is 3.86. The molecule has 3 aromatic heterocycles. The topological polar surface area (TPSA) is 103 Å². The summed E-state index contributed by atoms with van der Waals surface area (Å²) in [7, 11) is 1.90. The van der Waals surface area contributed by atoms with Crippen LogP contribution in [0, 0.1) is 0 Å². The van der Waals surface area contributed by atoms with Crippen molar-refractivity contribution in [2.75, 3.05) is 7.05 Å². The van der Waals surface area contributed by atoms with Gasteiger partial charge in [0.1, 0.15) is 0 Å². The standard InChI is InChI=1S/C14H17N5O3.ClH/c1-9(15-2)8-11-16-12(21-18-11)5-6-13-17-14(19-22-13)10-4-3-7-20-10;/h3-4,7,9,15H,5-6,8H2,1-2H3;1H. The molecule has 1 unspecified atom stereocenters. The third-order valence-electron chi connectivity index (χ3n) is 3.25. The Kier molecular flexibility index (Phi) is 5.89. The lowest BCUT2D eigenvalue weighted by Gasteiger charge is -2.04. The second kappa shape index (κ2) is 7.89. The summed E-state index contributed by atoms with van der Waals surface area (Å²) in [5.41, 5.74) is 0. The van der Waals surface area contributed by atoms with Crippen LogP contribution in [0.5, 0.6) is 0 Å². The third kappa shape index (κ3) is 4.40. The lowest BCUT2D eigenvalue weighted by atomic mass is 10.2. The van der Waals surface area contributed by atoms with Crippen molar-refractivity contribution in [3.63, 3.8) is 0 Å². The van der Waals surface area contributed by atoms with Crippen molar-refractivity contribution in [2.45, 2.75) is 32.2 Å². The summed E-state index contributed by atoms with van der Waals surface area (Å²) in [5, 5.41) is 11.0. The van der Waals surface area contributed by atoms with E-state index in [1.165, 1.54) is 0 Å². The number of aryl methyl sites for hydroxylation is 2. The van der Waals surface area contributed by atoms with E-state index >= 15 is 0 Å². The van der Waals surface area contributed by atoms with Gasteiger partial charge in [-0.2, -0.15) is 9.97 Å². The summed E-state index contributed by atoms with van der Waals surface area (Å²) in [6.45, 7) is 2.06. The van der Waals surface area contributed by atoms with Crippen LogP contribution in [0.15, 0.2) is 31.9 Å². The fourth-order valence-corrected chi connectivity index (χ4v) is 1.93. The van der Waals surface area contributed by atoms with Crippen LogP contribution in [0.25, 0.3) is 11.6 Å². The fraction of sp³-hybridized carbons (Fsp3) is 0.429. The average molecular weight is 340 g/mol. The van der Waals surface area contributed by atoms with E-state index in [0.717, 1.165) is 6.42 Å². The zero-order valence-electron chi connectivity index (χ0n) is 12.9. The van der Waals surface area contributed by atoms with Gasteiger partial charge in [0, 0.05) is 25.3 Å². The van der Waals surface area contributed by atoms with Gasteiger partial charge in [0.05, 0.1) is 6.26 Å². The van der Waals surface area contributed by atoms with Crippen molar-refractivity contribution in [1.82, 2.24) is 25.6 Å². The maximum absolute atomic E-state index is 5.21. The zero-order valence-corrected chi connectivity index (χ0v) is 13.7. The lowest BCUT2D eigenvalue weighted by Crippen LogP contribution is -2.24. The van der Waals surface area contributed by atoms with Crippen molar-refractivity contribution in [3.05, 3.63) is 36.0 Å². The highest BCUT2D eigenvalue weighted by molar-refractivity contribution is 5.85. The maximum Gasteiger partial charge on any atom is 0.238 e. The molecule has 1 atom stereocenters. The Morgan fingerprint density at radius 3 is 2.57 bits per heavy atom. The maximum atomic E-state index is 5.21. The van der Waals surface area contributed by atoms with Gasteiger partial charge >= 0.3 is 0 Å². The Labute approximate surface area is 139 Å². The quantitative estimate of drug-likeness (QED) is 0.697. The van der Waals surface area contributed by atoms with Crippen LogP contribution in [-0.4, -0.2) is 33.4 Å². The molecule has 23 heavy (non-hydrogen) atoms. The summed E-state index contributed by atoms with van der Waals surface area (Å²) in [6.07, 6.45) is 3.39. The van der Waals surface area contributed by atoms with Crippen LogP contribution in [0.3, 0.4) is 0 Å². The summed E-state index contributed by atoms with van der Waals surface area (Å²) in [4.78, 5) is 8.61. The third-order valence-corrected chi connectivity index (χ3v) is 3.25. The number of hydrogen-bond donors (Lipinski definition) is 1. The molecule has 0 bridgehead atoms. The predicted octanol–water partition coefficient (Wildman–Crippen LogP) is 2.07. The minimum atomic E-state index is 0. The van der Waals surface area contributed by atoms with E-state index in [1.807, 2.05) is 7.05 Å². The van der Waals surface area contributed by atoms with Crippen LogP contribution in [0.2, 0.25) is 0 Å². The molecular weight excluding hydrogens is 322 g/mol. The highest BCUT2D eigenvalue weighted by atomic mass is 35.5. The molecule has 0 amide bonds. The Hall–Kier alpha value is -2.19. The Morgan fingerprint density at radius 1 is 1.13 bits per heavy atom. The van der Waals surface area contributed by atoms with Gasteiger partial charge in [-0.1, -0.05) is 10.3 Å². The molecule has 0 aliphatic rings. The molecule has 0 spiro atoms. The van der Waals surface area contributed by atoms with Crippen molar-refractivity contribution in [2.24, 2.45) is 0 Å². The van der Waals surface area contributed by atoms with Gasteiger partial charge in [-0.15, -0.1) is 12.4 Å². The van der Waals surface area contributed by atoms with Crippen LogP contribution in [0.4, 0.5) is 0 Å². The van der Waals surface area contributed by atoms with E-state index in [2.05, 4.69) is 32.5 Å². The van der Waals surface area contributed by atoms with Gasteiger partial charge in [-0.25, -0.2) is 0 Å². The number of likely N-dealkylation sites (N-methyl/N-ethyl adjacent to an activating group) is 1. The first-order chi connectivity index (χ1) is 10.7. The molecule has 3 rings (SSSR count). The molecule has 0 saturated heterocycles. The molecule has 3 aromatic rings. The van der Waals surface area contributed by atoms with Crippen LogP contribution < -0.4 is 5.32 Å². The van der Waals surface area contributed by atoms with Gasteiger partial charge in [0.2, 0.25) is 17.6 Å². The SMILES string of the molecule is CNC(C)Cc1noc(CCc2nc(-c3ccco3)no2)n1.Cl. The number of aromatic nitrogens is 4. The number of halogens is 1. The minimum Gasteiger partial charge on any atom is -0.461 e. The Balaban J connectivity index is 0.00000192. The molecule has 0 saturated carbocycles. The second-order valence-electron chi connectivity index (χ2n) is 4.99. The lowest BCUT2D eigenvalue weighted by molar-refractivity contribution is 0.350. The van der Waals surface area contributed by atoms with Crippen molar-refractivity contribution >= 4 is 12.4 Å². The molecule has 0 aliphatic carbocycles. The molecule has 0 aliphatic heterocycles. The highest BCUT2D eigenvalue weighted by Gasteiger charge is 2.13. The second-order valence-corrected chi connectivity index (χ2v) is 4.99. The highest BCUT2D eigenvalue weighted by Crippen LogP contribution is 2.16. The number of furan rings is 1. The number of rotatable bonds is 7. The molecular formula is C14H18ClN5O3. The van der Waals surface area contributed by atoms with E-state index in [9.17, 15) is 0 Å². The van der Waals surface area contributed by atoms with Crippen LogP contribution in [-0.2, 0) is 19.3 Å². The molecule has 0 aromatic carbocycles. The largest absolute Gasteiger partial charge is 0.461 e. The summed E-state index contributed by atoms with van der Waals surface area (Å²) >= 11 is 0. The van der Waals surface area contributed by atoms with Gasteiger partial charge in [0.15, 0.2) is 11.6 Å². The molecule has 1 N–H and O–H groups in total. The Morgan fingerprint density at radius 2 is 1.87 bits per heavy atom. The number of hydrogen-bond acceptors (Lipinski definition) is 8. The van der Waals surface area contributed by atoms with Crippen molar-refractivity contribution < 1.29 is 13.5 Å². The van der Waals surface area contributed by atoms with Gasteiger partial charge in [-0.3, -0.25) is 0 Å². The monoisotopic (exact) mass is 339 g/mol. The van der Waals surface area contributed by atoms with Crippen molar-refractivity contribution in [1.29, 1.82) is 0 Å². The summed E-state index contributed by atoms with van der Waals surface area (Å²) < 4.78 is 15.6. The minimum absolute atomic E-state index is 0. The Bertz CT molecular complexity index is 710. The molecule has 3 heterocycles. The first-order valence-corrected chi connectivity index (χ1v) is 7.10. The molecule has 9 heteroatoms. The fourth-order valence-electron chi connectivity index (χ4n) is 1.93. The van der Waals surface area contributed by atoms with E-state index in [1.54, 1.807) is 18.4 Å². The van der Waals surface area contributed by atoms with Gasteiger partial charge < -0.3 is 18.8 Å². The van der Waals surface area contributed by atoms with E-state index in [-0.39, 0.29) is 12.4 Å². The van der Waals surface area contributed by atoms with E-state index in [0.29, 0.717) is 48.1 Å². The number of nitrogens with zero attached hydrogens (tertiary/aromatic N) is 4. The van der Waals surface area contributed by atoms with Crippen LogP contribution >= 0.6 is 12.4 Å². The molecule has 8 nitrogen and oxygen atoms in total. The smallest absolute Gasteiger partial charge is 0.238 e. The predicted molar refractivity (Wildman–Crippen MR) is 83.2 cm³/mol. The van der Waals surface area contributed by atoms with E-state index in [4.69, 9.17) is 13.5 Å². The van der Waals surface area contributed by atoms with Crippen molar-refractivity contribution in [3.8, 4) is 11.6 Å². The van der Waals surface area contributed by atoms with Gasteiger partial charge in [0.25, 0.3) is 0 Å². The first kappa shape index (κ1) is 17.2. The van der Waals surface area contributed by atoms with Crippen LogP contribution in [0.1, 0.15) is 24.5 Å². The summed E-state index contributed by atoms with van der Waals surface area (Å²) in [5.74, 6) is 2.79.